The minimum absolute atomic E-state index is 0.853. The van der Waals surface area contributed by atoms with Crippen molar-refractivity contribution in [3.05, 3.63) is 54.6 Å². The van der Waals surface area contributed by atoms with Gasteiger partial charge in [0.05, 0.1) is 24.6 Å². The monoisotopic (exact) mass is 297 g/mol. The lowest BCUT2D eigenvalue weighted by Gasteiger charge is -2.26. The highest BCUT2D eigenvalue weighted by molar-refractivity contribution is 5.74. The summed E-state index contributed by atoms with van der Waals surface area (Å²) in [5.41, 5.74) is 3.35. The molecule has 4 nitrogen and oxygen atoms in total. The molecule has 0 unspecified atom stereocenters. The van der Waals surface area contributed by atoms with E-state index in [1.54, 1.807) is 0 Å². The number of ether oxygens (including phenoxy) is 1. The summed E-state index contributed by atoms with van der Waals surface area (Å²) in [4.78, 5) is 2.43. The third kappa shape index (κ3) is 4.23. The number of morpholine rings is 1. The van der Waals surface area contributed by atoms with Gasteiger partial charge in [-0.15, -0.1) is 0 Å². The molecule has 1 fully saturated rings. The van der Waals surface area contributed by atoms with Crippen molar-refractivity contribution in [2.45, 2.75) is 0 Å². The maximum absolute atomic E-state index is 5.38. The molecule has 1 aliphatic heterocycles. The molecule has 1 heterocycles. The van der Waals surface area contributed by atoms with Crippen LogP contribution < -0.4 is 10.6 Å². The topological polar surface area (TPSA) is 36.5 Å². The molecule has 1 aliphatic rings. The van der Waals surface area contributed by atoms with Crippen molar-refractivity contribution in [1.82, 2.24) is 4.90 Å². The van der Waals surface area contributed by atoms with Gasteiger partial charge in [-0.1, -0.05) is 30.3 Å². The van der Waals surface area contributed by atoms with Crippen LogP contribution in [-0.4, -0.2) is 44.3 Å². The van der Waals surface area contributed by atoms with Gasteiger partial charge >= 0.3 is 0 Å². The molecule has 2 aromatic rings. The molecule has 0 spiro atoms. The highest BCUT2D eigenvalue weighted by atomic mass is 16.5. The lowest BCUT2D eigenvalue weighted by Crippen LogP contribution is -2.39. The first-order chi connectivity index (χ1) is 10.9. The van der Waals surface area contributed by atoms with Gasteiger partial charge in [-0.2, -0.15) is 0 Å². The number of anilines is 3. The molecule has 0 aliphatic carbocycles. The van der Waals surface area contributed by atoms with Crippen molar-refractivity contribution in [3.8, 4) is 0 Å². The molecule has 22 heavy (non-hydrogen) atoms. The van der Waals surface area contributed by atoms with Crippen LogP contribution in [0.2, 0.25) is 0 Å². The van der Waals surface area contributed by atoms with Gasteiger partial charge in [-0.05, 0) is 24.3 Å². The van der Waals surface area contributed by atoms with E-state index in [2.05, 4.69) is 51.9 Å². The minimum atomic E-state index is 0.853. The number of benzene rings is 2. The van der Waals surface area contributed by atoms with Crippen molar-refractivity contribution < 1.29 is 4.74 Å². The van der Waals surface area contributed by atoms with E-state index in [4.69, 9.17) is 4.74 Å². The summed E-state index contributed by atoms with van der Waals surface area (Å²) in [5.74, 6) is 0. The Balaban J connectivity index is 1.56. The highest BCUT2D eigenvalue weighted by Crippen LogP contribution is 2.24. The van der Waals surface area contributed by atoms with Crippen LogP contribution in [0.1, 0.15) is 0 Å². The fraction of sp³-hybridized carbons (Fsp3) is 0.333. The van der Waals surface area contributed by atoms with E-state index in [0.717, 1.165) is 56.5 Å². The van der Waals surface area contributed by atoms with E-state index >= 15 is 0 Å². The summed E-state index contributed by atoms with van der Waals surface area (Å²) in [7, 11) is 0. The first kappa shape index (κ1) is 14.9. The first-order valence-corrected chi connectivity index (χ1v) is 7.87. The van der Waals surface area contributed by atoms with E-state index in [9.17, 15) is 0 Å². The Morgan fingerprint density at radius 1 is 0.864 bits per heavy atom. The number of rotatable bonds is 6. The van der Waals surface area contributed by atoms with Crippen LogP contribution in [0.3, 0.4) is 0 Å². The second-order valence-electron chi connectivity index (χ2n) is 5.42. The number of nitrogens with zero attached hydrogens (tertiary/aromatic N) is 1. The summed E-state index contributed by atoms with van der Waals surface area (Å²) in [6.45, 7) is 5.76. The Morgan fingerprint density at radius 2 is 1.55 bits per heavy atom. The first-order valence-electron chi connectivity index (χ1n) is 7.87. The van der Waals surface area contributed by atoms with E-state index in [1.165, 1.54) is 0 Å². The summed E-state index contributed by atoms with van der Waals surface area (Å²) in [6.07, 6.45) is 0. The average Bonchev–Trinajstić information content (AvgIpc) is 2.58. The van der Waals surface area contributed by atoms with Gasteiger partial charge in [0.25, 0.3) is 0 Å². The summed E-state index contributed by atoms with van der Waals surface area (Å²) >= 11 is 0. The quantitative estimate of drug-likeness (QED) is 0.858. The predicted octanol–water partition coefficient (Wildman–Crippen LogP) is 3.17. The molecule has 4 heteroatoms. The normalized spacial score (nSPS) is 15.5. The summed E-state index contributed by atoms with van der Waals surface area (Å²) in [6, 6.07) is 18.6. The molecule has 0 atom stereocenters. The van der Waals surface area contributed by atoms with Gasteiger partial charge in [-0.25, -0.2) is 0 Å². The number of hydrogen-bond donors (Lipinski definition) is 2. The van der Waals surface area contributed by atoms with Crippen LogP contribution in [0.15, 0.2) is 54.6 Å². The maximum Gasteiger partial charge on any atom is 0.0620 e. The molecule has 0 saturated carbocycles. The van der Waals surface area contributed by atoms with Crippen LogP contribution in [0.4, 0.5) is 17.1 Å². The average molecular weight is 297 g/mol. The highest BCUT2D eigenvalue weighted by Gasteiger charge is 2.09. The SMILES string of the molecule is c1ccc(Nc2ccccc2NCCN2CCOCC2)cc1. The molecule has 0 bridgehead atoms. The smallest absolute Gasteiger partial charge is 0.0620 e. The van der Waals surface area contributed by atoms with Crippen LogP contribution in [0, 0.1) is 0 Å². The Kier molecular flexibility index (Phi) is 5.29. The minimum Gasteiger partial charge on any atom is -0.382 e. The number of para-hydroxylation sites is 3. The third-order valence-electron chi connectivity index (χ3n) is 3.83. The number of hydrogen-bond acceptors (Lipinski definition) is 4. The molecule has 1 saturated heterocycles. The summed E-state index contributed by atoms with van der Waals surface area (Å²) < 4.78 is 5.38. The van der Waals surface area contributed by atoms with Crippen LogP contribution in [0.5, 0.6) is 0 Å². The second kappa shape index (κ2) is 7.82. The zero-order chi connectivity index (χ0) is 15.0. The van der Waals surface area contributed by atoms with Gasteiger partial charge < -0.3 is 15.4 Å². The molecule has 0 amide bonds. The van der Waals surface area contributed by atoms with Gasteiger partial charge in [0.2, 0.25) is 0 Å². The Labute approximate surface area is 132 Å². The molecule has 0 radical (unpaired) electrons. The van der Waals surface area contributed by atoms with Gasteiger partial charge in [0.1, 0.15) is 0 Å². The zero-order valence-corrected chi connectivity index (χ0v) is 12.8. The Hall–Kier alpha value is -2.04. The third-order valence-corrected chi connectivity index (χ3v) is 3.83. The fourth-order valence-electron chi connectivity index (χ4n) is 2.60. The van der Waals surface area contributed by atoms with Crippen molar-refractivity contribution in [1.29, 1.82) is 0 Å². The lowest BCUT2D eigenvalue weighted by atomic mass is 10.2. The van der Waals surface area contributed by atoms with E-state index in [-0.39, 0.29) is 0 Å². The van der Waals surface area contributed by atoms with Crippen molar-refractivity contribution >= 4 is 17.1 Å². The van der Waals surface area contributed by atoms with Crippen molar-refractivity contribution in [2.75, 3.05) is 50.0 Å². The van der Waals surface area contributed by atoms with E-state index < -0.39 is 0 Å². The van der Waals surface area contributed by atoms with Crippen LogP contribution >= 0.6 is 0 Å². The van der Waals surface area contributed by atoms with Gasteiger partial charge in [0.15, 0.2) is 0 Å². The molecule has 116 valence electrons. The molecular weight excluding hydrogens is 274 g/mol. The lowest BCUT2D eigenvalue weighted by molar-refractivity contribution is 0.0398. The Bertz CT molecular complexity index is 568. The Morgan fingerprint density at radius 3 is 2.32 bits per heavy atom. The molecule has 2 N–H and O–H groups in total. The molecule has 2 aromatic carbocycles. The van der Waals surface area contributed by atoms with E-state index in [0.29, 0.717) is 0 Å². The molecular formula is C18H23N3O. The number of nitrogens with one attached hydrogen (secondary N) is 2. The molecule has 3 rings (SSSR count). The maximum atomic E-state index is 5.38. The fourth-order valence-corrected chi connectivity index (χ4v) is 2.60. The van der Waals surface area contributed by atoms with E-state index in [1.807, 2.05) is 18.2 Å². The van der Waals surface area contributed by atoms with Crippen molar-refractivity contribution in [3.63, 3.8) is 0 Å². The van der Waals surface area contributed by atoms with Crippen LogP contribution in [-0.2, 0) is 4.74 Å². The van der Waals surface area contributed by atoms with Crippen molar-refractivity contribution in [2.24, 2.45) is 0 Å². The van der Waals surface area contributed by atoms with Gasteiger partial charge in [-0.3, -0.25) is 4.90 Å². The largest absolute Gasteiger partial charge is 0.382 e. The standard InChI is InChI=1S/C18H23N3O/c1-2-6-16(7-3-1)20-18-9-5-4-8-17(18)19-10-11-21-12-14-22-15-13-21/h1-9,19-20H,10-15H2. The second-order valence-corrected chi connectivity index (χ2v) is 5.42. The summed E-state index contributed by atoms with van der Waals surface area (Å²) in [5, 5.41) is 7.00. The zero-order valence-electron chi connectivity index (χ0n) is 12.8. The predicted molar refractivity (Wildman–Crippen MR) is 91.9 cm³/mol. The van der Waals surface area contributed by atoms with Gasteiger partial charge in [0, 0.05) is 31.9 Å². The van der Waals surface area contributed by atoms with Crippen LogP contribution in [0.25, 0.3) is 0 Å². The molecule has 0 aromatic heterocycles.